The van der Waals surface area contributed by atoms with E-state index < -0.39 is 0 Å². The van der Waals surface area contributed by atoms with Crippen molar-refractivity contribution in [2.24, 2.45) is 21.7 Å². The molecule has 10 heteroatoms. The van der Waals surface area contributed by atoms with Gasteiger partial charge in [-0.2, -0.15) is 10.2 Å². The number of aromatic nitrogens is 2. The van der Waals surface area contributed by atoms with Gasteiger partial charge in [0.15, 0.2) is 10.2 Å². The van der Waals surface area contributed by atoms with Crippen molar-refractivity contribution in [3.05, 3.63) is 60.2 Å². The van der Waals surface area contributed by atoms with E-state index in [1.165, 1.54) is 0 Å². The first-order chi connectivity index (χ1) is 11.6. The molecule has 8 nitrogen and oxygen atoms in total. The minimum Gasteiger partial charge on any atom is -0.375 e. The highest BCUT2D eigenvalue weighted by Gasteiger charge is 1.85. The van der Waals surface area contributed by atoms with Crippen LogP contribution in [-0.2, 0) is 0 Å². The van der Waals surface area contributed by atoms with E-state index in [1.807, 2.05) is 36.4 Å². The third kappa shape index (κ3) is 9.87. The molecule has 0 atom stereocenters. The van der Waals surface area contributed by atoms with Crippen LogP contribution in [0.4, 0.5) is 0 Å². The van der Waals surface area contributed by atoms with Gasteiger partial charge < -0.3 is 11.5 Å². The zero-order chi connectivity index (χ0) is 17.6. The molecule has 2 rings (SSSR count). The number of hydrogen-bond acceptors (Lipinski definition) is 6. The van der Waals surface area contributed by atoms with E-state index in [0.717, 1.165) is 11.4 Å². The lowest BCUT2D eigenvalue weighted by molar-refractivity contribution is 1.04. The molecule has 0 saturated carbocycles. The number of nitrogens with one attached hydrogen (secondary N) is 2. The summed E-state index contributed by atoms with van der Waals surface area (Å²) in [5.74, 6) is 0. The third-order valence-electron chi connectivity index (χ3n) is 2.12. The van der Waals surface area contributed by atoms with Crippen LogP contribution in [0, 0.1) is 0 Å². The van der Waals surface area contributed by atoms with Crippen molar-refractivity contribution in [2.45, 2.75) is 0 Å². The summed E-state index contributed by atoms with van der Waals surface area (Å²) in [6.07, 6.45) is 6.45. The van der Waals surface area contributed by atoms with E-state index >= 15 is 0 Å². The predicted molar refractivity (Wildman–Crippen MR) is 104 cm³/mol. The fraction of sp³-hybridized carbons (Fsp3) is 0. The smallest absolute Gasteiger partial charge is 0.184 e. The number of nitrogens with zero attached hydrogens (tertiary/aromatic N) is 4. The second kappa shape index (κ2) is 11.6. The summed E-state index contributed by atoms with van der Waals surface area (Å²) in [5.41, 5.74) is 16.7. The summed E-state index contributed by atoms with van der Waals surface area (Å²) in [6.45, 7) is 0. The first kappa shape index (κ1) is 19.1. The lowest BCUT2D eigenvalue weighted by Crippen LogP contribution is -2.24. The maximum absolute atomic E-state index is 5.14. The van der Waals surface area contributed by atoms with E-state index in [4.69, 9.17) is 11.5 Å². The van der Waals surface area contributed by atoms with Crippen molar-refractivity contribution < 1.29 is 0 Å². The molecule has 0 bridgehead atoms. The van der Waals surface area contributed by atoms with Gasteiger partial charge >= 0.3 is 0 Å². The van der Waals surface area contributed by atoms with Gasteiger partial charge in [0.25, 0.3) is 0 Å². The Kier molecular flexibility index (Phi) is 9.19. The van der Waals surface area contributed by atoms with E-state index in [-0.39, 0.29) is 10.2 Å². The molecule has 2 aromatic heterocycles. The first-order valence-corrected chi connectivity index (χ1v) is 7.38. The summed E-state index contributed by atoms with van der Waals surface area (Å²) < 4.78 is 0. The molecule has 2 aromatic rings. The van der Waals surface area contributed by atoms with Gasteiger partial charge in [-0.15, -0.1) is 0 Å². The fourth-order valence-corrected chi connectivity index (χ4v) is 1.33. The van der Waals surface area contributed by atoms with Gasteiger partial charge in [0.1, 0.15) is 0 Å². The van der Waals surface area contributed by atoms with E-state index in [1.54, 1.807) is 24.8 Å². The van der Waals surface area contributed by atoms with Crippen molar-refractivity contribution >= 4 is 47.1 Å². The third-order valence-corrected chi connectivity index (χ3v) is 2.30. The average molecular weight is 360 g/mol. The number of rotatable bonds is 4. The number of hydrazone groups is 2. The van der Waals surface area contributed by atoms with E-state index in [0.29, 0.717) is 0 Å². The fourth-order valence-electron chi connectivity index (χ4n) is 1.23. The van der Waals surface area contributed by atoms with Crippen LogP contribution in [0.2, 0.25) is 0 Å². The Bertz CT molecular complexity index is 627. The largest absolute Gasteiger partial charge is 0.375 e. The highest BCUT2D eigenvalue weighted by Crippen LogP contribution is 1.87. The lowest BCUT2D eigenvalue weighted by atomic mass is 10.4. The van der Waals surface area contributed by atoms with Crippen LogP contribution in [0.15, 0.2) is 59.0 Å². The van der Waals surface area contributed by atoms with Crippen LogP contribution in [0.5, 0.6) is 0 Å². The second-order valence-electron chi connectivity index (χ2n) is 3.98. The Morgan fingerprint density at radius 3 is 1.54 bits per heavy atom. The Hall–Kier alpha value is -2.98. The molecule has 0 aliphatic rings. The number of nitrogens with two attached hydrogens (primary N) is 2. The van der Waals surface area contributed by atoms with Crippen molar-refractivity contribution in [3.8, 4) is 0 Å². The first-order valence-electron chi connectivity index (χ1n) is 6.57. The predicted octanol–water partition coefficient (Wildman–Crippen LogP) is 0.497. The van der Waals surface area contributed by atoms with Crippen LogP contribution < -0.4 is 22.3 Å². The Labute approximate surface area is 150 Å². The molecule has 24 heavy (non-hydrogen) atoms. The molecule has 0 spiro atoms. The van der Waals surface area contributed by atoms with Gasteiger partial charge in [-0.1, -0.05) is 12.1 Å². The number of pyridine rings is 2. The molecule has 6 N–H and O–H groups in total. The molecule has 2 heterocycles. The Balaban J connectivity index is 0.000000240. The summed E-state index contributed by atoms with van der Waals surface area (Å²) in [7, 11) is 0. The molecule has 0 aliphatic carbocycles. The van der Waals surface area contributed by atoms with Crippen LogP contribution in [0.25, 0.3) is 0 Å². The standard InChI is InChI=1S/2C7H8N4S/c2*8-7(12)11-10-5-6-3-1-2-4-9-6/h2*1-5H,(H3,8,11,12)/b2*10-5+. The van der Waals surface area contributed by atoms with Gasteiger partial charge in [-0.25, -0.2) is 0 Å². The van der Waals surface area contributed by atoms with Gasteiger partial charge in [0, 0.05) is 12.4 Å². The monoisotopic (exact) mass is 360 g/mol. The highest BCUT2D eigenvalue weighted by molar-refractivity contribution is 7.80. The highest BCUT2D eigenvalue weighted by atomic mass is 32.1. The summed E-state index contributed by atoms with van der Waals surface area (Å²) >= 11 is 9.09. The minimum atomic E-state index is 0.141. The van der Waals surface area contributed by atoms with Crippen molar-refractivity contribution in [1.29, 1.82) is 0 Å². The maximum atomic E-state index is 5.14. The Morgan fingerprint density at radius 2 is 1.25 bits per heavy atom. The van der Waals surface area contributed by atoms with Gasteiger partial charge in [-0.05, 0) is 48.7 Å². The molecule has 0 aliphatic heterocycles. The summed E-state index contributed by atoms with van der Waals surface area (Å²) in [5, 5.41) is 7.76. The van der Waals surface area contributed by atoms with Crippen molar-refractivity contribution in [1.82, 2.24) is 20.8 Å². The van der Waals surface area contributed by atoms with Crippen LogP contribution in [0.3, 0.4) is 0 Å². The second-order valence-corrected chi connectivity index (χ2v) is 4.86. The number of hydrogen-bond donors (Lipinski definition) is 4. The topological polar surface area (TPSA) is 127 Å². The SMILES string of the molecule is NC(=S)N/N=C/c1ccccn1.NC(=S)N/N=C/c1ccccn1. The number of thiocarbonyl (C=S) groups is 2. The minimum absolute atomic E-state index is 0.141. The van der Waals surface area contributed by atoms with E-state index in [9.17, 15) is 0 Å². The quantitative estimate of drug-likeness (QED) is 0.353. The van der Waals surface area contributed by atoms with Crippen LogP contribution in [-0.4, -0.2) is 32.6 Å². The van der Waals surface area contributed by atoms with Crippen LogP contribution in [0.1, 0.15) is 11.4 Å². The molecule has 0 fully saturated rings. The van der Waals surface area contributed by atoms with Gasteiger partial charge in [0.2, 0.25) is 0 Å². The molecular formula is C14H16N8S2. The zero-order valence-electron chi connectivity index (χ0n) is 12.5. The molecule has 0 radical (unpaired) electrons. The lowest BCUT2D eigenvalue weighted by Gasteiger charge is -1.92. The Morgan fingerprint density at radius 1 is 0.833 bits per heavy atom. The van der Waals surface area contributed by atoms with Gasteiger partial charge in [0.05, 0.1) is 23.8 Å². The zero-order valence-corrected chi connectivity index (χ0v) is 14.2. The molecule has 0 amide bonds. The molecule has 0 aromatic carbocycles. The van der Waals surface area contributed by atoms with Crippen molar-refractivity contribution in [2.75, 3.05) is 0 Å². The molecular weight excluding hydrogens is 344 g/mol. The molecule has 0 unspecified atom stereocenters. The molecule has 0 saturated heterocycles. The summed E-state index contributed by atoms with van der Waals surface area (Å²) in [4.78, 5) is 8.00. The average Bonchev–Trinajstić information content (AvgIpc) is 2.57. The normalized spacial score (nSPS) is 10.0. The van der Waals surface area contributed by atoms with Crippen LogP contribution >= 0.6 is 24.4 Å². The molecule has 124 valence electrons. The summed E-state index contributed by atoms with van der Waals surface area (Å²) in [6, 6.07) is 11.1. The maximum Gasteiger partial charge on any atom is 0.184 e. The van der Waals surface area contributed by atoms with E-state index in [2.05, 4.69) is 55.5 Å². The van der Waals surface area contributed by atoms with Gasteiger partial charge in [-0.3, -0.25) is 20.8 Å². The van der Waals surface area contributed by atoms with Crippen molar-refractivity contribution in [3.63, 3.8) is 0 Å².